The first-order valence-electron chi connectivity index (χ1n) is 5.61. The van der Waals surface area contributed by atoms with Crippen LogP contribution >= 0.6 is 0 Å². The summed E-state index contributed by atoms with van der Waals surface area (Å²) in [6.07, 6.45) is 7.04. The van der Waals surface area contributed by atoms with E-state index in [0.717, 1.165) is 13.0 Å². The normalized spacial score (nSPS) is 17.5. The number of amidine groups is 1. The van der Waals surface area contributed by atoms with Gasteiger partial charge in [0.2, 0.25) is 0 Å². The lowest BCUT2D eigenvalue weighted by Gasteiger charge is -2.13. The van der Waals surface area contributed by atoms with E-state index in [1.165, 1.54) is 30.7 Å². The second kappa shape index (κ2) is 5.84. The maximum Gasteiger partial charge on any atom is 0.0965 e. The molecule has 0 fully saturated rings. The first-order chi connectivity index (χ1) is 6.68. The van der Waals surface area contributed by atoms with Crippen molar-refractivity contribution in [3.63, 3.8) is 0 Å². The lowest BCUT2D eigenvalue weighted by Crippen LogP contribution is -2.31. The van der Waals surface area contributed by atoms with Crippen LogP contribution in [0.5, 0.6) is 0 Å². The molecule has 0 bridgehead atoms. The molecule has 1 aliphatic rings. The first kappa shape index (κ1) is 11.3. The SMILES string of the molecule is CC(C)=CCC[C@@H](C)NC1=NCCC1. The Balaban J connectivity index is 2.15. The molecule has 0 saturated heterocycles. The molecule has 2 nitrogen and oxygen atoms in total. The van der Waals surface area contributed by atoms with Crippen LogP contribution in [0.2, 0.25) is 0 Å². The zero-order valence-corrected chi connectivity index (χ0v) is 9.64. The largest absolute Gasteiger partial charge is 0.371 e. The second-order valence-corrected chi connectivity index (χ2v) is 4.34. The fraction of sp³-hybridized carbons (Fsp3) is 0.750. The molecule has 0 radical (unpaired) electrons. The van der Waals surface area contributed by atoms with E-state index < -0.39 is 0 Å². The minimum atomic E-state index is 0.558. The Morgan fingerprint density at radius 1 is 1.57 bits per heavy atom. The molecule has 0 spiro atoms. The van der Waals surface area contributed by atoms with Crippen molar-refractivity contribution >= 4 is 5.84 Å². The summed E-state index contributed by atoms with van der Waals surface area (Å²) in [5, 5.41) is 3.47. The van der Waals surface area contributed by atoms with E-state index in [0.29, 0.717) is 6.04 Å². The smallest absolute Gasteiger partial charge is 0.0965 e. The van der Waals surface area contributed by atoms with Crippen LogP contribution in [0.15, 0.2) is 16.6 Å². The number of allylic oxidation sites excluding steroid dienone is 2. The van der Waals surface area contributed by atoms with Crippen molar-refractivity contribution in [1.29, 1.82) is 0 Å². The monoisotopic (exact) mass is 194 g/mol. The van der Waals surface area contributed by atoms with E-state index in [2.05, 4.69) is 37.2 Å². The summed E-state index contributed by atoms with van der Waals surface area (Å²) in [6.45, 7) is 7.56. The Morgan fingerprint density at radius 2 is 2.36 bits per heavy atom. The Bertz CT molecular complexity index is 224. The molecule has 0 aliphatic carbocycles. The van der Waals surface area contributed by atoms with Crippen LogP contribution in [0.25, 0.3) is 0 Å². The summed E-state index contributed by atoms with van der Waals surface area (Å²) < 4.78 is 0. The minimum Gasteiger partial charge on any atom is -0.371 e. The molecule has 0 aromatic carbocycles. The standard InChI is InChI=1S/C12H22N2/c1-10(2)6-4-7-11(3)14-12-8-5-9-13-12/h6,11H,4-5,7-9H2,1-3H3,(H,13,14)/t11-/m1/s1. The van der Waals surface area contributed by atoms with E-state index in [-0.39, 0.29) is 0 Å². The third-order valence-electron chi connectivity index (χ3n) is 2.44. The molecule has 1 N–H and O–H groups in total. The van der Waals surface area contributed by atoms with E-state index >= 15 is 0 Å². The maximum atomic E-state index is 4.41. The third kappa shape index (κ3) is 4.45. The van der Waals surface area contributed by atoms with Crippen LogP contribution in [-0.4, -0.2) is 18.4 Å². The van der Waals surface area contributed by atoms with Crippen LogP contribution in [0.3, 0.4) is 0 Å². The third-order valence-corrected chi connectivity index (χ3v) is 2.44. The highest BCUT2D eigenvalue weighted by Gasteiger charge is 2.08. The van der Waals surface area contributed by atoms with Gasteiger partial charge in [0.15, 0.2) is 0 Å². The van der Waals surface area contributed by atoms with Gasteiger partial charge in [0.25, 0.3) is 0 Å². The Kier molecular flexibility index (Phi) is 4.71. The van der Waals surface area contributed by atoms with E-state index in [9.17, 15) is 0 Å². The topological polar surface area (TPSA) is 24.4 Å². The summed E-state index contributed by atoms with van der Waals surface area (Å²) in [6, 6.07) is 0.558. The van der Waals surface area contributed by atoms with E-state index in [4.69, 9.17) is 0 Å². The summed E-state index contributed by atoms with van der Waals surface area (Å²) in [5.41, 5.74) is 1.41. The number of aliphatic imine (C=N–C) groups is 1. The van der Waals surface area contributed by atoms with Crippen molar-refractivity contribution in [2.45, 2.75) is 52.5 Å². The van der Waals surface area contributed by atoms with Gasteiger partial charge in [0, 0.05) is 19.0 Å². The van der Waals surface area contributed by atoms with Gasteiger partial charge in [-0.15, -0.1) is 0 Å². The van der Waals surface area contributed by atoms with Crippen LogP contribution < -0.4 is 5.32 Å². The number of hydrogen-bond donors (Lipinski definition) is 1. The average molecular weight is 194 g/mol. The van der Waals surface area contributed by atoms with Gasteiger partial charge in [0.05, 0.1) is 5.84 Å². The quantitative estimate of drug-likeness (QED) is 0.684. The van der Waals surface area contributed by atoms with Gasteiger partial charge < -0.3 is 5.32 Å². The van der Waals surface area contributed by atoms with Crippen molar-refractivity contribution in [2.24, 2.45) is 4.99 Å². The lowest BCUT2D eigenvalue weighted by molar-refractivity contribution is 0.609. The van der Waals surface area contributed by atoms with Gasteiger partial charge in [-0.05, 0) is 40.0 Å². The van der Waals surface area contributed by atoms with Gasteiger partial charge in [-0.1, -0.05) is 11.6 Å². The van der Waals surface area contributed by atoms with Gasteiger partial charge in [0.1, 0.15) is 0 Å². The van der Waals surface area contributed by atoms with Crippen molar-refractivity contribution in [3.8, 4) is 0 Å². The first-order valence-corrected chi connectivity index (χ1v) is 5.61. The summed E-state index contributed by atoms with van der Waals surface area (Å²) in [7, 11) is 0. The molecule has 0 saturated carbocycles. The van der Waals surface area contributed by atoms with Crippen molar-refractivity contribution in [2.75, 3.05) is 6.54 Å². The van der Waals surface area contributed by atoms with Crippen molar-refractivity contribution in [3.05, 3.63) is 11.6 Å². The fourth-order valence-electron chi connectivity index (χ4n) is 1.64. The Morgan fingerprint density at radius 3 is 2.93 bits per heavy atom. The zero-order chi connectivity index (χ0) is 10.4. The van der Waals surface area contributed by atoms with Crippen LogP contribution in [0.4, 0.5) is 0 Å². The predicted molar refractivity (Wildman–Crippen MR) is 62.8 cm³/mol. The molecule has 2 heteroatoms. The number of nitrogens with one attached hydrogen (secondary N) is 1. The van der Waals surface area contributed by atoms with Gasteiger partial charge in [-0.2, -0.15) is 0 Å². The van der Waals surface area contributed by atoms with Crippen LogP contribution in [0, 0.1) is 0 Å². The molecule has 1 heterocycles. The van der Waals surface area contributed by atoms with E-state index in [1.807, 2.05) is 0 Å². The molecule has 80 valence electrons. The van der Waals surface area contributed by atoms with Gasteiger partial charge in [-0.3, -0.25) is 4.99 Å². The van der Waals surface area contributed by atoms with Crippen LogP contribution in [-0.2, 0) is 0 Å². The predicted octanol–water partition coefficient (Wildman–Crippen LogP) is 2.90. The average Bonchev–Trinajstić information content (AvgIpc) is 2.56. The summed E-state index contributed by atoms with van der Waals surface area (Å²) in [5.74, 6) is 1.22. The van der Waals surface area contributed by atoms with Crippen molar-refractivity contribution in [1.82, 2.24) is 5.32 Å². The molecule has 14 heavy (non-hydrogen) atoms. The van der Waals surface area contributed by atoms with Crippen molar-refractivity contribution < 1.29 is 0 Å². The minimum absolute atomic E-state index is 0.558. The highest BCUT2D eigenvalue weighted by Crippen LogP contribution is 2.05. The highest BCUT2D eigenvalue weighted by molar-refractivity contribution is 5.83. The molecule has 1 rings (SSSR count). The molecule has 1 atom stereocenters. The number of nitrogens with zero attached hydrogens (tertiary/aromatic N) is 1. The molecular formula is C12H22N2. The number of hydrogen-bond acceptors (Lipinski definition) is 2. The fourth-order valence-corrected chi connectivity index (χ4v) is 1.64. The van der Waals surface area contributed by atoms with Crippen LogP contribution in [0.1, 0.15) is 46.5 Å². The van der Waals surface area contributed by atoms with Gasteiger partial charge >= 0.3 is 0 Å². The summed E-state index contributed by atoms with van der Waals surface area (Å²) in [4.78, 5) is 4.41. The lowest BCUT2D eigenvalue weighted by atomic mass is 10.1. The Labute approximate surface area is 87.5 Å². The molecular weight excluding hydrogens is 172 g/mol. The Hall–Kier alpha value is -0.790. The zero-order valence-electron chi connectivity index (χ0n) is 9.64. The summed E-state index contributed by atoms with van der Waals surface area (Å²) >= 11 is 0. The van der Waals surface area contributed by atoms with E-state index in [1.54, 1.807) is 0 Å². The molecule has 0 unspecified atom stereocenters. The molecule has 0 aromatic heterocycles. The molecule has 1 aliphatic heterocycles. The molecule has 0 amide bonds. The maximum absolute atomic E-state index is 4.41. The molecule has 0 aromatic rings. The highest BCUT2D eigenvalue weighted by atomic mass is 15.0. The second-order valence-electron chi connectivity index (χ2n) is 4.34. The number of rotatable bonds is 4. The van der Waals surface area contributed by atoms with Gasteiger partial charge in [-0.25, -0.2) is 0 Å².